The van der Waals surface area contributed by atoms with Crippen molar-refractivity contribution in [3.8, 4) is 11.1 Å². The van der Waals surface area contributed by atoms with Crippen molar-refractivity contribution in [1.82, 2.24) is 10.6 Å². The van der Waals surface area contributed by atoms with Gasteiger partial charge in [-0.3, -0.25) is 9.59 Å². The van der Waals surface area contributed by atoms with Crippen LogP contribution in [0.3, 0.4) is 0 Å². The van der Waals surface area contributed by atoms with Gasteiger partial charge in [0, 0.05) is 24.1 Å². The predicted octanol–water partition coefficient (Wildman–Crippen LogP) is 4.38. The highest BCUT2D eigenvalue weighted by molar-refractivity contribution is 5.88. The Morgan fingerprint density at radius 2 is 1.49 bits per heavy atom. The number of benzene rings is 2. The van der Waals surface area contributed by atoms with Crippen LogP contribution in [0.1, 0.15) is 55.6 Å². The number of hydrogen-bond acceptors (Lipinski definition) is 4. The standard InChI is InChI=1S/C28H30N2O5/c31-24(30-28-14-11-27(12-15-28,13-16-28)25(32)33)10-5-17-29-26(34)35-18-23-21-8-3-1-6-19(21)20-7-2-4-9-22(20)23/h1-10,23H,11-18H2,(H,29,34)(H,30,31)(H,32,33)/b10-5+. The van der Waals surface area contributed by atoms with Crippen molar-refractivity contribution < 1.29 is 24.2 Å². The molecule has 2 aromatic carbocycles. The molecule has 0 saturated heterocycles. The molecule has 3 saturated carbocycles. The van der Waals surface area contributed by atoms with Crippen LogP contribution in [-0.2, 0) is 14.3 Å². The van der Waals surface area contributed by atoms with Crippen molar-refractivity contribution >= 4 is 18.0 Å². The maximum absolute atomic E-state index is 12.4. The van der Waals surface area contributed by atoms with Gasteiger partial charge in [-0.1, -0.05) is 54.6 Å². The third-order valence-corrected chi connectivity index (χ3v) is 8.07. The summed E-state index contributed by atoms with van der Waals surface area (Å²) in [5, 5.41) is 15.3. The Morgan fingerprint density at radius 3 is 2.06 bits per heavy atom. The fourth-order valence-electron chi connectivity index (χ4n) is 5.95. The third kappa shape index (κ3) is 4.43. The van der Waals surface area contributed by atoms with Gasteiger partial charge in [-0.15, -0.1) is 0 Å². The molecule has 0 heterocycles. The Hall–Kier alpha value is -3.61. The summed E-state index contributed by atoms with van der Waals surface area (Å²) in [6.45, 7) is 0.420. The van der Waals surface area contributed by atoms with Gasteiger partial charge in [-0.2, -0.15) is 0 Å². The van der Waals surface area contributed by atoms with Gasteiger partial charge < -0.3 is 20.5 Å². The average molecular weight is 475 g/mol. The quantitative estimate of drug-likeness (QED) is 0.517. The molecule has 0 atom stereocenters. The van der Waals surface area contributed by atoms with Crippen molar-refractivity contribution in [2.24, 2.45) is 5.41 Å². The van der Waals surface area contributed by atoms with Crippen molar-refractivity contribution in [1.29, 1.82) is 0 Å². The number of fused-ring (bicyclic) bond motifs is 6. The van der Waals surface area contributed by atoms with Crippen LogP contribution in [0.15, 0.2) is 60.7 Å². The van der Waals surface area contributed by atoms with E-state index in [2.05, 4.69) is 34.9 Å². The van der Waals surface area contributed by atoms with Crippen molar-refractivity contribution in [2.75, 3.05) is 13.2 Å². The SMILES string of the molecule is O=C(/C=C/CNC(=O)OCC1c2ccccc2-c2ccccc21)NC12CCC(C(=O)O)(CC1)CC2. The number of carboxylic acid groups (broad SMARTS) is 1. The normalized spacial score (nSPS) is 24.6. The molecular weight excluding hydrogens is 444 g/mol. The van der Waals surface area contributed by atoms with E-state index in [9.17, 15) is 19.5 Å². The Labute approximate surface area is 204 Å². The second-order valence-corrected chi connectivity index (χ2v) is 9.96. The third-order valence-electron chi connectivity index (χ3n) is 8.07. The molecule has 6 rings (SSSR count). The highest BCUT2D eigenvalue weighted by Crippen LogP contribution is 2.52. The van der Waals surface area contributed by atoms with Gasteiger partial charge in [0.15, 0.2) is 0 Å². The zero-order chi connectivity index (χ0) is 24.5. The molecule has 182 valence electrons. The summed E-state index contributed by atoms with van der Waals surface area (Å²) in [5.41, 5.74) is 3.76. The van der Waals surface area contributed by atoms with Crippen LogP contribution in [0.25, 0.3) is 11.1 Å². The Morgan fingerprint density at radius 1 is 0.914 bits per heavy atom. The number of ether oxygens (including phenoxy) is 1. The molecule has 2 aromatic rings. The van der Waals surface area contributed by atoms with Crippen LogP contribution in [0.5, 0.6) is 0 Å². The molecule has 7 heteroatoms. The van der Waals surface area contributed by atoms with Gasteiger partial charge in [-0.05, 0) is 60.8 Å². The van der Waals surface area contributed by atoms with Gasteiger partial charge >= 0.3 is 12.1 Å². The van der Waals surface area contributed by atoms with E-state index in [0.29, 0.717) is 38.5 Å². The number of aliphatic carboxylic acids is 1. The number of amides is 2. The lowest BCUT2D eigenvalue weighted by molar-refractivity contribution is -0.156. The summed E-state index contributed by atoms with van der Waals surface area (Å²) in [7, 11) is 0. The fourth-order valence-corrected chi connectivity index (χ4v) is 5.95. The number of carboxylic acids is 1. The number of carbonyl (C=O) groups excluding carboxylic acids is 2. The lowest BCUT2D eigenvalue weighted by atomic mass is 9.57. The summed E-state index contributed by atoms with van der Waals surface area (Å²) >= 11 is 0. The zero-order valence-electron chi connectivity index (χ0n) is 19.6. The van der Waals surface area contributed by atoms with E-state index in [4.69, 9.17) is 4.74 Å². The molecule has 2 bridgehead atoms. The summed E-state index contributed by atoms with van der Waals surface area (Å²) < 4.78 is 5.50. The van der Waals surface area contributed by atoms with Crippen LogP contribution < -0.4 is 10.6 Å². The minimum atomic E-state index is -0.712. The first-order valence-corrected chi connectivity index (χ1v) is 12.2. The highest BCUT2D eigenvalue weighted by atomic mass is 16.5. The minimum Gasteiger partial charge on any atom is -0.481 e. The fraction of sp³-hybridized carbons (Fsp3) is 0.393. The van der Waals surface area contributed by atoms with Crippen LogP contribution in [-0.4, -0.2) is 41.8 Å². The first-order valence-electron chi connectivity index (χ1n) is 12.2. The number of hydrogen-bond donors (Lipinski definition) is 3. The summed E-state index contributed by atoms with van der Waals surface area (Å²) in [4.78, 5) is 36.3. The molecule has 3 N–H and O–H groups in total. The van der Waals surface area contributed by atoms with Gasteiger partial charge in [-0.25, -0.2) is 4.79 Å². The second kappa shape index (κ2) is 9.21. The van der Waals surface area contributed by atoms with Crippen molar-refractivity contribution in [3.63, 3.8) is 0 Å². The van der Waals surface area contributed by atoms with Crippen molar-refractivity contribution in [3.05, 3.63) is 71.8 Å². The monoisotopic (exact) mass is 474 g/mol. The van der Waals surface area contributed by atoms with Gasteiger partial charge in [0.2, 0.25) is 5.91 Å². The molecule has 4 aliphatic rings. The Bertz CT molecular complexity index is 1120. The second-order valence-electron chi connectivity index (χ2n) is 9.96. The smallest absolute Gasteiger partial charge is 0.407 e. The Kier molecular flexibility index (Phi) is 6.09. The summed E-state index contributed by atoms with van der Waals surface area (Å²) in [5.74, 6) is -0.931. The zero-order valence-corrected chi connectivity index (χ0v) is 19.6. The first kappa shape index (κ1) is 23.1. The minimum absolute atomic E-state index is 0.000393. The Balaban J connectivity index is 1.08. The largest absolute Gasteiger partial charge is 0.481 e. The number of carbonyl (C=O) groups is 3. The summed E-state index contributed by atoms with van der Waals surface area (Å²) in [6, 6.07) is 16.3. The van der Waals surface area contributed by atoms with Crippen LogP contribution >= 0.6 is 0 Å². The van der Waals surface area contributed by atoms with Crippen LogP contribution in [0, 0.1) is 5.41 Å². The van der Waals surface area contributed by atoms with Crippen molar-refractivity contribution in [2.45, 2.75) is 50.0 Å². The van der Waals surface area contributed by atoms with Crippen LogP contribution in [0.2, 0.25) is 0 Å². The molecule has 4 aliphatic carbocycles. The van der Waals surface area contributed by atoms with E-state index in [0.717, 1.165) is 11.1 Å². The number of rotatable bonds is 7. The average Bonchev–Trinajstić information content (AvgIpc) is 3.20. The summed E-state index contributed by atoms with van der Waals surface area (Å²) in [6.07, 6.45) is 6.39. The van der Waals surface area contributed by atoms with E-state index in [1.54, 1.807) is 6.08 Å². The van der Waals surface area contributed by atoms with E-state index >= 15 is 0 Å². The molecule has 0 radical (unpaired) electrons. The molecule has 0 aromatic heterocycles. The molecule has 0 unspecified atom stereocenters. The lowest BCUT2D eigenvalue weighted by Crippen LogP contribution is -2.58. The predicted molar refractivity (Wildman–Crippen MR) is 131 cm³/mol. The molecule has 0 spiro atoms. The van der Waals surface area contributed by atoms with E-state index in [1.165, 1.54) is 17.2 Å². The topological polar surface area (TPSA) is 105 Å². The van der Waals surface area contributed by atoms with Gasteiger partial charge in [0.25, 0.3) is 0 Å². The molecular formula is C28H30N2O5. The molecule has 2 amide bonds. The van der Waals surface area contributed by atoms with E-state index in [1.807, 2.05) is 24.3 Å². The number of alkyl carbamates (subject to hydrolysis) is 1. The van der Waals surface area contributed by atoms with Crippen LogP contribution in [0.4, 0.5) is 4.79 Å². The first-order chi connectivity index (χ1) is 16.9. The lowest BCUT2D eigenvalue weighted by Gasteiger charge is -2.51. The maximum Gasteiger partial charge on any atom is 0.407 e. The maximum atomic E-state index is 12.4. The molecule has 0 aliphatic heterocycles. The molecule has 3 fully saturated rings. The highest BCUT2D eigenvalue weighted by Gasteiger charge is 2.52. The molecule has 7 nitrogen and oxygen atoms in total. The van der Waals surface area contributed by atoms with Gasteiger partial charge in [0.1, 0.15) is 6.61 Å². The number of nitrogens with one attached hydrogen (secondary N) is 2. The van der Waals surface area contributed by atoms with E-state index in [-0.39, 0.29) is 30.5 Å². The van der Waals surface area contributed by atoms with E-state index < -0.39 is 17.5 Å². The van der Waals surface area contributed by atoms with Gasteiger partial charge in [0.05, 0.1) is 5.41 Å². The molecule has 35 heavy (non-hydrogen) atoms.